The fourth-order valence-electron chi connectivity index (χ4n) is 4.45. The lowest BCUT2D eigenvalue weighted by atomic mass is 10.1. The molecule has 6 nitrogen and oxygen atoms in total. The van der Waals surface area contributed by atoms with Crippen molar-refractivity contribution < 1.29 is 9.59 Å². The zero-order valence-corrected chi connectivity index (χ0v) is 17.3. The third-order valence-electron chi connectivity index (χ3n) is 6.16. The van der Waals surface area contributed by atoms with Crippen LogP contribution >= 0.6 is 11.3 Å². The first-order chi connectivity index (χ1) is 13.4. The Kier molecular flexibility index (Phi) is 4.05. The molecule has 5 rings (SSSR count). The maximum absolute atomic E-state index is 13.3. The first-order valence-corrected chi connectivity index (χ1v) is 10.9. The second-order valence-electron chi connectivity index (χ2n) is 8.17. The number of rotatable bonds is 4. The Bertz CT molecular complexity index is 995. The number of carbonyl (C=O) groups is 2. The molecule has 4 heterocycles. The standard InChI is InChI=1S/C21H24N4O2S/c1-11-19(28-13(3)22-11)16-9-15-10-25(12(2)14-6-7-14)21(27)18(15)20(23-16)24-8-4-5-17(24)26/h9,12,14H,4-8,10H2,1-3H3/t12-/m0/s1. The largest absolute Gasteiger partial charge is 0.331 e. The highest BCUT2D eigenvalue weighted by Crippen LogP contribution is 2.42. The van der Waals surface area contributed by atoms with Crippen LogP contribution in [0.3, 0.4) is 0 Å². The van der Waals surface area contributed by atoms with Crippen LogP contribution in [0.1, 0.15) is 59.2 Å². The van der Waals surface area contributed by atoms with Crippen molar-refractivity contribution in [1.29, 1.82) is 0 Å². The van der Waals surface area contributed by atoms with Crippen LogP contribution < -0.4 is 4.90 Å². The maximum atomic E-state index is 13.3. The number of thiazole rings is 1. The average Bonchev–Trinajstić information content (AvgIpc) is 3.22. The van der Waals surface area contributed by atoms with Crippen molar-refractivity contribution in [3.05, 3.63) is 27.9 Å². The molecule has 2 fully saturated rings. The molecule has 28 heavy (non-hydrogen) atoms. The smallest absolute Gasteiger partial charge is 0.258 e. The van der Waals surface area contributed by atoms with E-state index in [1.54, 1.807) is 16.2 Å². The second-order valence-corrected chi connectivity index (χ2v) is 9.38. The molecule has 2 amide bonds. The summed E-state index contributed by atoms with van der Waals surface area (Å²) in [5.74, 6) is 1.25. The molecule has 0 spiro atoms. The second kappa shape index (κ2) is 6.37. The van der Waals surface area contributed by atoms with Crippen molar-refractivity contribution >= 4 is 29.0 Å². The van der Waals surface area contributed by atoms with Crippen LogP contribution in [0.25, 0.3) is 10.6 Å². The Balaban J connectivity index is 1.64. The van der Waals surface area contributed by atoms with Gasteiger partial charge in [0.05, 0.1) is 26.8 Å². The lowest BCUT2D eigenvalue weighted by Gasteiger charge is -2.24. The number of anilines is 1. The van der Waals surface area contributed by atoms with Gasteiger partial charge in [-0.2, -0.15) is 0 Å². The fourth-order valence-corrected chi connectivity index (χ4v) is 5.33. The van der Waals surface area contributed by atoms with E-state index in [1.807, 2.05) is 24.8 Å². The summed E-state index contributed by atoms with van der Waals surface area (Å²) in [6.45, 7) is 7.36. The minimum absolute atomic E-state index is 0.0281. The van der Waals surface area contributed by atoms with E-state index in [0.29, 0.717) is 36.8 Å². The highest BCUT2D eigenvalue weighted by Gasteiger charge is 2.42. The van der Waals surface area contributed by atoms with Gasteiger partial charge < -0.3 is 4.90 Å². The number of amides is 2. The summed E-state index contributed by atoms with van der Waals surface area (Å²) in [6, 6.07) is 2.27. The van der Waals surface area contributed by atoms with Crippen molar-refractivity contribution in [2.45, 2.75) is 59.0 Å². The summed E-state index contributed by atoms with van der Waals surface area (Å²) in [5, 5.41) is 0.994. The number of aryl methyl sites for hydroxylation is 2. The van der Waals surface area contributed by atoms with Gasteiger partial charge in [-0.05, 0) is 57.6 Å². The van der Waals surface area contributed by atoms with Gasteiger partial charge in [0, 0.05) is 25.6 Å². The lowest BCUT2D eigenvalue weighted by Crippen LogP contribution is -2.35. The number of fused-ring (bicyclic) bond motifs is 1. The molecule has 1 saturated heterocycles. The average molecular weight is 397 g/mol. The van der Waals surface area contributed by atoms with Gasteiger partial charge >= 0.3 is 0 Å². The molecule has 146 valence electrons. The minimum Gasteiger partial charge on any atom is -0.331 e. The highest BCUT2D eigenvalue weighted by atomic mass is 32.1. The van der Waals surface area contributed by atoms with Crippen LogP contribution in [0, 0.1) is 19.8 Å². The zero-order valence-electron chi connectivity index (χ0n) is 16.5. The van der Waals surface area contributed by atoms with Crippen LogP contribution in [0.2, 0.25) is 0 Å². The van der Waals surface area contributed by atoms with E-state index in [0.717, 1.165) is 33.3 Å². The van der Waals surface area contributed by atoms with Crippen molar-refractivity contribution in [3.8, 4) is 10.6 Å². The lowest BCUT2D eigenvalue weighted by molar-refractivity contribution is -0.117. The van der Waals surface area contributed by atoms with Gasteiger partial charge in [-0.3, -0.25) is 14.5 Å². The Morgan fingerprint density at radius 3 is 2.61 bits per heavy atom. The van der Waals surface area contributed by atoms with Crippen LogP contribution in [0.5, 0.6) is 0 Å². The van der Waals surface area contributed by atoms with Crippen LogP contribution in [-0.2, 0) is 11.3 Å². The van der Waals surface area contributed by atoms with E-state index in [9.17, 15) is 9.59 Å². The van der Waals surface area contributed by atoms with Gasteiger partial charge in [-0.25, -0.2) is 9.97 Å². The quantitative estimate of drug-likeness (QED) is 0.790. The third-order valence-corrected chi connectivity index (χ3v) is 7.25. The van der Waals surface area contributed by atoms with E-state index >= 15 is 0 Å². The summed E-state index contributed by atoms with van der Waals surface area (Å²) in [4.78, 5) is 39.9. The first-order valence-electron chi connectivity index (χ1n) is 10.0. The molecule has 0 N–H and O–H groups in total. The van der Waals surface area contributed by atoms with Gasteiger partial charge in [-0.15, -0.1) is 11.3 Å². The Morgan fingerprint density at radius 2 is 2.00 bits per heavy atom. The van der Waals surface area contributed by atoms with Gasteiger partial charge in [0.15, 0.2) is 0 Å². The monoisotopic (exact) mass is 396 g/mol. The number of pyridine rings is 1. The van der Waals surface area contributed by atoms with Gasteiger partial charge in [-0.1, -0.05) is 0 Å². The summed E-state index contributed by atoms with van der Waals surface area (Å²) in [7, 11) is 0. The Hall–Kier alpha value is -2.28. The van der Waals surface area contributed by atoms with Crippen LogP contribution in [-0.4, -0.2) is 39.3 Å². The molecule has 0 radical (unpaired) electrons. The molecular formula is C21H24N4O2S. The Labute approximate surface area is 168 Å². The van der Waals surface area contributed by atoms with Crippen molar-refractivity contribution in [2.75, 3.05) is 11.4 Å². The number of hydrogen-bond acceptors (Lipinski definition) is 5. The molecular weight excluding hydrogens is 372 g/mol. The van der Waals surface area contributed by atoms with Crippen LogP contribution in [0.15, 0.2) is 6.07 Å². The van der Waals surface area contributed by atoms with Gasteiger partial charge in [0.2, 0.25) is 5.91 Å². The van der Waals surface area contributed by atoms with Crippen molar-refractivity contribution in [2.24, 2.45) is 5.92 Å². The molecule has 1 aliphatic carbocycles. The van der Waals surface area contributed by atoms with Gasteiger partial charge in [0.1, 0.15) is 5.82 Å². The molecule has 0 unspecified atom stereocenters. The van der Waals surface area contributed by atoms with E-state index in [1.165, 1.54) is 12.8 Å². The number of carbonyl (C=O) groups excluding carboxylic acids is 2. The van der Waals surface area contributed by atoms with E-state index < -0.39 is 0 Å². The van der Waals surface area contributed by atoms with Crippen molar-refractivity contribution in [3.63, 3.8) is 0 Å². The number of hydrogen-bond donors (Lipinski definition) is 0. The normalized spacial score (nSPS) is 20.2. The molecule has 7 heteroatoms. The molecule has 0 aromatic carbocycles. The van der Waals surface area contributed by atoms with Crippen LogP contribution in [0.4, 0.5) is 5.82 Å². The molecule has 1 saturated carbocycles. The number of nitrogens with zero attached hydrogens (tertiary/aromatic N) is 4. The summed E-state index contributed by atoms with van der Waals surface area (Å²) in [5.41, 5.74) is 3.39. The van der Waals surface area contributed by atoms with E-state index in [-0.39, 0.29) is 17.9 Å². The summed E-state index contributed by atoms with van der Waals surface area (Å²) < 4.78 is 0. The minimum atomic E-state index is 0.0281. The molecule has 2 aromatic heterocycles. The SMILES string of the molecule is Cc1nc(C)c(-c2cc3c(c(N4CCCC4=O)n2)C(=O)N([C@@H](C)C2CC2)C3)s1. The third kappa shape index (κ3) is 2.75. The molecule has 0 bridgehead atoms. The first kappa shape index (κ1) is 17.8. The highest BCUT2D eigenvalue weighted by molar-refractivity contribution is 7.15. The molecule has 2 aliphatic heterocycles. The summed E-state index contributed by atoms with van der Waals surface area (Å²) >= 11 is 1.61. The number of aromatic nitrogens is 2. The molecule has 1 atom stereocenters. The van der Waals surface area contributed by atoms with E-state index in [2.05, 4.69) is 11.9 Å². The Morgan fingerprint density at radius 1 is 1.21 bits per heavy atom. The predicted molar refractivity (Wildman–Crippen MR) is 108 cm³/mol. The molecule has 2 aromatic rings. The fraction of sp³-hybridized carbons (Fsp3) is 0.524. The molecule has 3 aliphatic rings. The maximum Gasteiger partial charge on any atom is 0.258 e. The van der Waals surface area contributed by atoms with Gasteiger partial charge in [0.25, 0.3) is 5.91 Å². The zero-order chi connectivity index (χ0) is 19.6. The predicted octanol–water partition coefficient (Wildman–Crippen LogP) is 3.70. The summed E-state index contributed by atoms with van der Waals surface area (Å²) in [6.07, 6.45) is 3.73. The topological polar surface area (TPSA) is 66.4 Å². The van der Waals surface area contributed by atoms with Crippen molar-refractivity contribution in [1.82, 2.24) is 14.9 Å². The van der Waals surface area contributed by atoms with E-state index in [4.69, 9.17) is 4.98 Å².